The molecule has 0 saturated carbocycles. The number of hydrogen-bond acceptors (Lipinski definition) is 7. The predicted molar refractivity (Wildman–Crippen MR) is 76.9 cm³/mol. The Bertz CT molecular complexity index is 727. The number of nitrogens with zero attached hydrogens (tertiary/aromatic N) is 3. The van der Waals surface area contributed by atoms with E-state index >= 15 is 0 Å². The van der Waals surface area contributed by atoms with Gasteiger partial charge in [-0.1, -0.05) is 15.9 Å². The van der Waals surface area contributed by atoms with Crippen LogP contribution >= 0.6 is 15.9 Å². The van der Waals surface area contributed by atoms with Crippen molar-refractivity contribution in [2.24, 2.45) is 0 Å². The third-order valence-corrected chi connectivity index (χ3v) is 3.04. The highest BCUT2D eigenvalue weighted by molar-refractivity contribution is 9.10. The Morgan fingerprint density at radius 2 is 2.05 bits per heavy atom. The second-order valence-electron chi connectivity index (χ2n) is 3.81. The molecular formula is C12H10BrN5O2. The molecule has 0 unspecified atom stereocenters. The van der Waals surface area contributed by atoms with Gasteiger partial charge >= 0.3 is 0 Å². The number of nitrogen functional groups attached to an aromatic ring is 2. The van der Waals surface area contributed by atoms with E-state index in [9.17, 15) is 5.11 Å². The molecule has 0 aliphatic heterocycles. The van der Waals surface area contributed by atoms with Gasteiger partial charge in [0.15, 0.2) is 11.5 Å². The fraction of sp³-hybridized carbons (Fsp3) is 0.0833. The second-order valence-corrected chi connectivity index (χ2v) is 4.72. The molecule has 0 radical (unpaired) electrons. The molecule has 5 N–H and O–H groups in total. The average Bonchev–Trinajstić information content (AvgIpc) is 2.40. The van der Waals surface area contributed by atoms with E-state index in [1.807, 2.05) is 6.07 Å². The van der Waals surface area contributed by atoms with Crippen LogP contribution < -0.4 is 16.2 Å². The summed E-state index contributed by atoms with van der Waals surface area (Å²) in [7, 11) is 1.42. The van der Waals surface area contributed by atoms with Gasteiger partial charge in [0, 0.05) is 10.0 Å². The molecule has 0 aliphatic carbocycles. The number of hydrogen-bond donors (Lipinski definition) is 3. The van der Waals surface area contributed by atoms with Gasteiger partial charge in [-0.15, -0.1) is 0 Å². The van der Waals surface area contributed by atoms with Crippen molar-refractivity contribution in [1.82, 2.24) is 9.97 Å². The average molecular weight is 336 g/mol. The van der Waals surface area contributed by atoms with Crippen LogP contribution in [0.5, 0.6) is 11.5 Å². The standard InChI is InChI=1S/C12H10BrN5O2/c1-20-8-3-5(13)2-6(10(8)19)9-7(4-14)11(15)18-12(16)17-9/h2-3,19H,1H3,(H4,15,16,17,18). The van der Waals surface area contributed by atoms with Crippen molar-refractivity contribution >= 4 is 27.7 Å². The zero-order valence-corrected chi connectivity index (χ0v) is 12.0. The Morgan fingerprint density at radius 1 is 1.35 bits per heavy atom. The molecule has 1 aromatic carbocycles. The number of phenolic OH excluding ortho intramolecular Hbond substituents is 1. The first-order valence-corrected chi connectivity index (χ1v) is 6.17. The maximum absolute atomic E-state index is 10.2. The number of halogens is 1. The van der Waals surface area contributed by atoms with E-state index in [1.54, 1.807) is 12.1 Å². The number of aromatic hydroxyl groups is 1. The zero-order valence-electron chi connectivity index (χ0n) is 10.4. The van der Waals surface area contributed by atoms with Gasteiger partial charge in [0.05, 0.1) is 12.8 Å². The molecule has 7 nitrogen and oxygen atoms in total. The number of methoxy groups -OCH3 is 1. The number of benzene rings is 1. The molecule has 2 aromatic rings. The van der Waals surface area contributed by atoms with Crippen molar-refractivity contribution in [3.63, 3.8) is 0 Å². The van der Waals surface area contributed by atoms with Gasteiger partial charge < -0.3 is 21.3 Å². The maximum atomic E-state index is 10.2. The van der Waals surface area contributed by atoms with Crippen LogP contribution in [0.2, 0.25) is 0 Å². The molecule has 8 heteroatoms. The number of phenols is 1. The van der Waals surface area contributed by atoms with Crippen LogP contribution in [0.1, 0.15) is 5.56 Å². The smallest absolute Gasteiger partial charge is 0.222 e. The van der Waals surface area contributed by atoms with Crippen molar-refractivity contribution in [2.45, 2.75) is 0 Å². The maximum Gasteiger partial charge on any atom is 0.222 e. The lowest BCUT2D eigenvalue weighted by molar-refractivity contribution is 0.374. The van der Waals surface area contributed by atoms with Gasteiger partial charge in [-0.2, -0.15) is 10.2 Å². The summed E-state index contributed by atoms with van der Waals surface area (Å²) >= 11 is 3.29. The van der Waals surface area contributed by atoms with Gasteiger partial charge in [0.25, 0.3) is 0 Å². The van der Waals surface area contributed by atoms with Crippen LogP contribution in [0.3, 0.4) is 0 Å². The number of ether oxygens (including phenoxy) is 1. The summed E-state index contributed by atoms with van der Waals surface area (Å²) in [5.74, 6) is -0.0677. The van der Waals surface area contributed by atoms with Crippen molar-refractivity contribution in [3.8, 4) is 28.8 Å². The number of nitriles is 1. The molecule has 0 spiro atoms. The van der Waals surface area contributed by atoms with Crippen molar-refractivity contribution < 1.29 is 9.84 Å². The lowest BCUT2D eigenvalue weighted by Gasteiger charge is -2.11. The minimum absolute atomic E-state index is 0.0367. The first-order valence-electron chi connectivity index (χ1n) is 5.38. The molecule has 0 saturated heterocycles. The summed E-state index contributed by atoms with van der Waals surface area (Å²) in [5.41, 5.74) is 11.6. The Balaban J connectivity index is 2.82. The Kier molecular flexibility index (Phi) is 3.63. The number of rotatable bonds is 2. The van der Waals surface area contributed by atoms with E-state index in [4.69, 9.17) is 21.5 Å². The third kappa shape index (κ3) is 2.31. The summed E-state index contributed by atoms with van der Waals surface area (Å²) in [6.07, 6.45) is 0. The van der Waals surface area contributed by atoms with Crippen LogP contribution in [0.4, 0.5) is 11.8 Å². The van der Waals surface area contributed by atoms with E-state index in [-0.39, 0.29) is 40.1 Å². The molecule has 0 atom stereocenters. The molecular weight excluding hydrogens is 326 g/mol. The van der Waals surface area contributed by atoms with Crippen LogP contribution in [0.15, 0.2) is 16.6 Å². The lowest BCUT2D eigenvalue weighted by atomic mass is 10.1. The highest BCUT2D eigenvalue weighted by atomic mass is 79.9. The van der Waals surface area contributed by atoms with Crippen LogP contribution in [-0.2, 0) is 0 Å². The fourth-order valence-electron chi connectivity index (χ4n) is 1.71. The summed E-state index contributed by atoms with van der Waals surface area (Å²) in [6, 6.07) is 5.07. The first-order chi connectivity index (χ1) is 9.47. The molecule has 20 heavy (non-hydrogen) atoms. The van der Waals surface area contributed by atoms with E-state index in [0.717, 1.165) is 0 Å². The molecule has 2 rings (SSSR count). The molecule has 102 valence electrons. The second kappa shape index (κ2) is 5.22. The van der Waals surface area contributed by atoms with Crippen LogP contribution in [-0.4, -0.2) is 22.2 Å². The summed E-state index contributed by atoms with van der Waals surface area (Å²) < 4.78 is 5.69. The molecule has 0 fully saturated rings. The molecule has 1 aromatic heterocycles. The number of nitrogens with two attached hydrogens (primary N) is 2. The Hall–Kier alpha value is -2.53. The lowest BCUT2D eigenvalue weighted by Crippen LogP contribution is -2.05. The number of aromatic nitrogens is 2. The summed E-state index contributed by atoms with van der Waals surface area (Å²) in [5, 5.41) is 19.3. The molecule has 0 aliphatic rings. The molecule has 0 bridgehead atoms. The quantitative estimate of drug-likeness (QED) is 0.760. The fourth-order valence-corrected chi connectivity index (χ4v) is 2.15. The van der Waals surface area contributed by atoms with Gasteiger partial charge in [0.2, 0.25) is 5.95 Å². The minimum Gasteiger partial charge on any atom is -0.504 e. The van der Waals surface area contributed by atoms with Crippen LogP contribution in [0, 0.1) is 11.3 Å². The molecule has 0 amide bonds. The van der Waals surface area contributed by atoms with Crippen molar-refractivity contribution in [2.75, 3.05) is 18.6 Å². The minimum atomic E-state index is -0.162. The van der Waals surface area contributed by atoms with Crippen molar-refractivity contribution in [1.29, 1.82) is 5.26 Å². The van der Waals surface area contributed by atoms with Gasteiger partial charge in [0.1, 0.15) is 17.5 Å². The predicted octanol–water partition coefficient (Wildman–Crippen LogP) is 1.66. The third-order valence-electron chi connectivity index (χ3n) is 2.58. The van der Waals surface area contributed by atoms with Gasteiger partial charge in [-0.05, 0) is 12.1 Å². The van der Waals surface area contributed by atoms with Gasteiger partial charge in [-0.3, -0.25) is 0 Å². The topological polar surface area (TPSA) is 131 Å². The Labute approximate surface area is 123 Å². The van der Waals surface area contributed by atoms with Crippen molar-refractivity contribution in [3.05, 3.63) is 22.2 Å². The SMILES string of the molecule is COc1cc(Br)cc(-c2nc(N)nc(N)c2C#N)c1O. The monoisotopic (exact) mass is 335 g/mol. The van der Waals surface area contributed by atoms with E-state index in [2.05, 4.69) is 25.9 Å². The Morgan fingerprint density at radius 3 is 2.65 bits per heavy atom. The summed E-state index contributed by atoms with van der Waals surface area (Å²) in [4.78, 5) is 7.70. The number of anilines is 2. The first kappa shape index (κ1) is 13.9. The normalized spacial score (nSPS) is 10.1. The van der Waals surface area contributed by atoms with E-state index in [1.165, 1.54) is 7.11 Å². The highest BCUT2D eigenvalue weighted by Gasteiger charge is 2.19. The molecule has 1 heterocycles. The zero-order chi connectivity index (χ0) is 14.9. The van der Waals surface area contributed by atoms with E-state index in [0.29, 0.717) is 4.47 Å². The summed E-state index contributed by atoms with van der Waals surface area (Å²) in [6.45, 7) is 0. The van der Waals surface area contributed by atoms with Gasteiger partial charge in [-0.25, -0.2) is 4.98 Å². The largest absolute Gasteiger partial charge is 0.504 e. The highest BCUT2D eigenvalue weighted by Crippen LogP contribution is 2.40. The van der Waals surface area contributed by atoms with E-state index < -0.39 is 0 Å². The van der Waals surface area contributed by atoms with Crippen LogP contribution in [0.25, 0.3) is 11.3 Å².